The Hall–Kier alpha value is -1.66. The molecule has 2 rings (SSSR count). The SMILES string of the molecule is COCCCCCNC(=O)c1cc(-c2cccs2)on1. The van der Waals surface area contributed by atoms with E-state index in [2.05, 4.69) is 10.5 Å². The molecule has 5 nitrogen and oxygen atoms in total. The number of rotatable bonds is 8. The second-order valence-electron chi connectivity index (χ2n) is 4.36. The van der Waals surface area contributed by atoms with Crippen LogP contribution in [0.4, 0.5) is 0 Å². The zero-order valence-electron chi connectivity index (χ0n) is 11.4. The largest absolute Gasteiger partial charge is 0.385 e. The Kier molecular flexibility index (Phi) is 5.76. The molecule has 0 atom stereocenters. The molecule has 2 heterocycles. The standard InChI is InChI=1S/C14H18N2O3S/c1-18-8-4-2-3-7-15-14(17)11-10-12(19-16-11)13-6-5-9-20-13/h5-6,9-10H,2-4,7-8H2,1H3,(H,15,17). The van der Waals surface area contributed by atoms with Crippen molar-refractivity contribution in [1.82, 2.24) is 10.5 Å². The van der Waals surface area contributed by atoms with Crippen LogP contribution < -0.4 is 5.32 Å². The summed E-state index contributed by atoms with van der Waals surface area (Å²) in [4.78, 5) is 12.8. The van der Waals surface area contributed by atoms with Gasteiger partial charge in [0.15, 0.2) is 11.5 Å². The number of hydrogen-bond donors (Lipinski definition) is 1. The van der Waals surface area contributed by atoms with Gasteiger partial charge in [0.2, 0.25) is 0 Å². The van der Waals surface area contributed by atoms with Gasteiger partial charge in [-0.25, -0.2) is 0 Å². The molecule has 0 radical (unpaired) electrons. The summed E-state index contributed by atoms with van der Waals surface area (Å²) in [5, 5.41) is 8.59. The fourth-order valence-corrected chi connectivity index (χ4v) is 2.43. The van der Waals surface area contributed by atoms with Gasteiger partial charge in [-0.1, -0.05) is 11.2 Å². The first-order valence-corrected chi connectivity index (χ1v) is 7.47. The van der Waals surface area contributed by atoms with Crippen LogP contribution in [0.3, 0.4) is 0 Å². The van der Waals surface area contributed by atoms with Gasteiger partial charge in [0, 0.05) is 26.3 Å². The number of nitrogens with one attached hydrogen (secondary N) is 1. The third-order valence-corrected chi connectivity index (χ3v) is 3.70. The number of carbonyl (C=O) groups is 1. The van der Waals surface area contributed by atoms with Crippen molar-refractivity contribution in [2.24, 2.45) is 0 Å². The number of unbranched alkanes of at least 4 members (excludes halogenated alkanes) is 2. The van der Waals surface area contributed by atoms with E-state index in [1.807, 2.05) is 17.5 Å². The molecular formula is C14H18N2O3S. The summed E-state index contributed by atoms with van der Waals surface area (Å²) in [7, 11) is 1.69. The molecule has 2 aromatic heterocycles. The van der Waals surface area contributed by atoms with E-state index in [-0.39, 0.29) is 5.91 Å². The van der Waals surface area contributed by atoms with Gasteiger partial charge in [0.25, 0.3) is 5.91 Å². The maximum absolute atomic E-state index is 11.9. The molecule has 0 aromatic carbocycles. The van der Waals surface area contributed by atoms with E-state index in [9.17, 15) is 4.79 Å². The number of amides is 1. The molecule has 0 aliphatic carbocycles. The number of ether oxygens (including phenoxy) is 1. The van der Waals surface area contributed by atoms with Crippen molar-refractivity contribution in [2.75, 3.05) is 20.3 Å². The summed E-state index contributed by atoms with van der Waals surface area (Å²) in [6.07, 6.45) is 2.98. The third-order valence-electron chi connectivity index (χ3n) is 2.82. The Balaban J connectivity index is 1.76. The van der Waals surface area contributed by atoms with Crippen molar-refractivity contribution in [1.29, 1.82) is 0 Å². The molecule has 0 bridgehead atoms. The first-order chi connectivity index (χ1) is 9.81. The fraction of sp³-hybridized carbons (Fsp3) is 0.429. The summed E-state index contributed by atoms with van der Waals surface area (Å²) in [5.74, 6) is 0.438. The van der Waals surface area contributed by atoms with E-state index in [0.29, 0.717) is 18.0 Å². The lowest BCUT2D eigenvalue weighted by Gasteiger charge is -2.02. The van der Waals surface area contributed by atoms with Gasteiger partial charge in [-0.3, -0.25) is 4.79 Å². The number of methoxy groups -OCH3 is 1. The van der Waals surface area contributed by atoms with Crippen LogP contribution in [0.2, 0.25) is 0 Å². The molecule has 0 spiro atoms. The van der Waals surface area contributed by atoms with Crippen LogP contribution in [0.15, 0.2) is 28.1 Å². The Morgan fingerprint density at radius 3 is 3.10 bits per heavy atom. The Labute approximate surface area is 121 Å². The minimum atomic E-state index is -0.191. The van der Waals surface area contributed by atoms with Gasteiger partial charge in [-0.15, -0.1) is 11.3 Å². The lowest BCUT2D eigenvalue weighted by molar-refractivity contribution is 0.0943. The van der Waals surface area contributed by atoms with Gasteiger partial charge in [0.05, 0.1) is 4.88 Å². The van der Waals surface area contributed by atoms with Crippen LogP contribution in [0.1, 0.15) is 29.8 Å². The van der Waals surface area contributed by atoms with E-state index >= 15 is 0 Å². The predicted molar refractivity (Wildman–Crippen MR) is 77.9 cm³/mol. The fourth-order valence-electron chi connectivity index (χ4n) is 1.76. The van der Waals surface area contributed by atoms with Crippen LogP contribution >= 0.6 is 11.3 Å². The summed E-state index contributed by atoms with van der Waals surface area (Å²) in [6.45, 7) is 1.41. The van der Waals surface area contributed by atoms with Gasteiger partial charge < -0.3 is 14.6 Å². The molecule has 2 aromatic rings. The Morgan fingerprint density at radius 2 is 2.35 bits per heavy atom. The lowest BCUT2D eigenvalue weighted by atomic mass is 10.2. The van der Waals surface area contributed by atoms with Crippen LogP contribution in [-0.4, -0.2) is 31.3 Å². The topological polar surface area (TPSA) is 64.4 Å². The van der Waals surface area contributed by atoms with Crippen molar-refractivity contribution in [3.63, 3.8) is 0 Å². The summed E-state index contributed by atoms with van der Waals surface area (Å²) < 4.78 is 10.1. The molecule has 0 fully saturated rings. The van der Waals surface area contributed by atoms with E-state index in [4.69, 9.17) is 9.26 Å². The predicted octanol–water partition coefficient (Wildman–Crippen LogP) is 2.95. The van der Waals surface area contributed by atoms with E-state index < -0.39 is 0 Å². The monoisotopic (exact) mass is 294 g/mol. The van der Waals surface area contributed by atoms with Crippen molar-refractivity contribution in [3.05, 3.63) is 29.3 Å². The zero-order chi connectivity index (χ0) is 14.2. The molecule has 6 heteroatoms. The molecule has 1 N–H and O–H groups in total. The summed E-state index contributed by atoms with van der Waals surface area (Å²) in [5.41, 5.74) is 0.324. The second kappa shape index (κ2) is 7.81. The normalized spacial score (nSPS) is 10.7. The highest BCUT2D eigenvalue weighted by Crippen LogP contribution is 2.24. The highest BCUT2D eigenvalue weighted by atomic mass is 32.1. The van der Waals surface area contributed by atoms with Gasteiger partial charge >= 0.3 is 0 Å². The molecule has 1 amide bonds. The van der Waals surface area contributed by atoms with Gasteiger partial charge in [-0.05, 0) is 30.7 Å². The minimum Gasteiger partial charge on any atom is -0.385 e. The average molecular weight is 294 g/mol. The molecule has 0 aliphatic heterocycles. The zero-order valence-corrected chi connectivity index (χ0v) is 12.2. The summed E-state index contributed by atoms with van der Waals surface area (Å²) >= 11 is 1.55. The molecule has 0 saturated carbocycles. The quantitative estimate of drug-likeness (QED) is 0.760. The van der Waals surface area contributed by atoms with Crippen LogP contribution in [0, 0.1) is 0 Å². The Bertz CT molecular complexity index is 522. The first kappa shape index (κ1) is 14.7. The highest BCUT2D eigenvalue weighted by molar-refractivity contribution is 7.13. The van der Waals surface area contributed by atoms with E-state index in [1.54, 1.807) is 24.5 Å². The van der Waals surface area contributed by atoms with Crippen LogP contribution in [-0.2, 0) is 4.74 Å². The average Bonchev–Trinajstić information content (AvgIpc) is 3.12. The smallest absolute Gasteiger partial charge is 0.273 e. The Morgan fingerprint density at radius 1 is 1.45 bits per heavy atom. The number of thiophene rings is 1. The van der Waals surface area contributed by atoms with Crippen LogP contribution in [0.5, 0.6) is 0 Å². The highest BCUT2D eigenvalue weighted by Gasteiger charge is 2.13. The van der Waals surface area contributed by atoms with Crippen molar-refractivity contribution < 1.29 is 14.1 Å². The van der Waals surface area contributed by atoms with E-state index in [0.717, 1.165) is 30.7 Å². The number of nitrogens with zero attached hydrogens (tertiary/aromatic N) is 1. The lowest BCUT2D eigenvalue weighted by Crippen LogP contribution is -2.24. The van der Waals surface area contributed by atoms with Crippen molar-refractivity contribution in [3.8, 4) is 10.6 Å². The molecule has 108 valence electrons. The second-order valence-corrected chi connectivity index (χ2v) is 5.31. The van der Waals surface area contributed by atoms with Crippen molar-refractivity contribution in [2.45, 2.75) is 19.3 Å². The number of hydrogen-bond acceptors (Lipinski definition) is 5. The van der Waals surface area contributed by atoms with Crippen LogP contribution in [0.25, 0.3) is 10.6 Å². The third kappa shape index (κ3) is 4.18. The maximum Gasteiger partial charge on any atom is 0.273 e. The number of carbonyl (C=O) groups excluding carboxylic acids is 1. The summed E-state index contributed by atoms with van der Waals surface area (Å²) in [6, 6.07) is 5.54. The minimum absolute atomic E-state index is 0.191. The number of aromatic nitrogens is 1. The van der Waals surface area contributed by atoms with Gasteiger partial charge in [-0.2, -0.15) is 0 Å². The van der Waals surface area contributed by atoms with E-state index in [1.165, 1.54) is 0 Å². The molecule has 0 unspecified atom stereocenters. The molecule has 0 saturated heterocycles. The first-order valence-electron chi connectivity index (χ1n) is 6.59. The maximum atomic E-state index is 11.9. The van der Waals surface area contributed by atoms with Crippen molar-refractivity contribution >= 4 is 17.2 Å². The molecule has 0 aliphatic rings. The van der Waals surface area contributed by atoms with Gasteiger partial charge in [0.1, 0.15) is 0 Å². The molecular weight excluding hydrogens is 276 g/mol. The molecule has 20 heavy (non-hydrogen) atoms.